The molecule has 0 spiro atoms. The van der Waals surface area contributed by atoms with Crippen molar-refractivity contribution in [3.8, 4) is 11.5 Å². The lowest BCUT2D eigenvalue weighted by Gasteiger charge is -2.11. The first-order valence-electron chi connectivity index (χ1n) is 11.1. The van der Waals surface area contributed by atoms with Crippen molar-refractivity contribution in [3.63, 3.8) is 0 Å². The van der Waals surface area contributed by atoms with E-state index in [1.54, 1.807) is 54.6 Å². The molecule has 0 aliphatic rings. The summed E-state index contributed by atoms with van der Waals surface area (Å²) in [5.41, 5.74) is 2.08. The monoisotopic (exact) mass is 494 g/mol. The van der Waals surface area contributed by atoms with Gasteiger partial charge in [-0.05, 0) is 66.1 Å². The Hall–Kier alpha value is -3.84. The van der Waals surface area contributed by atoms with Gasteiger partial charge >= 0.3 is 5.97 Å². The Kier molecular flexibility index (Phi) is 7.36. The zero-order chi connectivity index (χ0) is 24.9. The van der Waals surface area contributed by atoms with Gasteiger partial charge < -0.3 is 19.8 Å². The second kappa shape index (κ2) is 10.6. The molecule has 1 amide bonds. The van der Waals surface area contributed by atoms with E-state index in [-0.39, 0.29) is 29.9 Å². The summed E-state index contributed by atoms with van der Waals surface area (Å²) in [6.45, 7) is 4.33. The van der Waals surface area contributed by atoms with Crippen molar-refractivity contribution in [2.24, 2.45) is 5.92 Å². The molecule has 0 unspecified atom stereocenters. The Morgan fingerprint density at radius 2 is 1.83 bits per heavy atom. The maximum absolute atomic E-state index is 13.9. The molecule has 4 rings (SSSR count). The van der Waals surface area contributed by atoms with E-state index < -0.39 is 5.82 Å². The van der Waals surface area contributed by atoms with Crippen molar-refractivity contribution in [1.29, 1.82) is 0 Å². The molecule has 2 N–H and O–H groups in total. The molecule has 6 nitrogen and oxygen atoms in total. The maximum Gasteiger partial charge on any atom is 0.310 e. The minimum atomic E-state index is -0.392. The molecule has 0 bridgehead atoms. The van der Waals surface area contributed by atoms with Crippen LogP contribution < -0.4 is 10.1 Å². The molecule has 0 radical (unpaired) electrons. The molecule has 0 saturated heterocycles. The number of rotatable bonds is 8. The molecule has 180 valence electrons. The van der Waals surface area contributed by atoms with Gasteiger partial charge in [0.15, 0.2) is 0 Å². The third kappa shape index (κ3) is 6.19. The van der Waals surface area contributed by atoms with Gasteiger partial charge in [-0.3, -0.25) is 9.59 Å². The minimum absolute atomic E-state index is 0.129. The minimum Gasteiger partial charge on any atom is -0.465 e. The number of carbonyl (C=O) groups is 2. The van der Waals surface area contributed by atoms with Gasteiger partial charge in [0.25, 0.3) is 5.91 Å². The van der Waals surface area contributed by atoms with E-state index in [1.807, 2.05) is 13.8 Å². The van der Waals surface area contributed by atoms with Gasteiger partial charge in [-0.1, -0.05) is 37.6 Å². The van der Waals surface area contributed by atoms with Crippen LogP contribution in [0.3, 0.4) is 0 Å². The smallest absolute Gasteiger partial charge is 0.310 e. The zero-order valence-corrected chi connectivity index (χ0v) is 20.0. The number of halogens is 2. The summed E-state index contributed by atoms with van der Waals surface area (Å²) < 4.78 is 24.9. The van der Waals surface area contributed by atoms with Gasteiger partial charge in [0.2, 0.25) is 0 Å². The number of esters is 1. The molecule has 0 fully saturated rings. The highest BCUT2D eigenvalue weighted by Crippen LogP contribution is 2.31. The summed E-state index contributed by atoms with van der Waals surface area (Å²) in [5.74, 6) is 0.135. The number of anilines is 1. The molecule has 0 atom stereocenters. The highest BCUT2D eigenvalue weighted by atomic mass is 35.5. The second-order valence-electron chi connectivity index (χ2n) is 8.48. The standard InChI is InChI=1S/C27H24ClFN2O4/c1-16(2)15-34-26(32)13-17-6-11-25(21(28)12-17)35-19-9-7-18(8-10-19)30-27(33)24-14-20-22(29)4-3-5-23(20)31-24/h3-12,14,16,31H,13,15H2,1-2H3,(H,30,33). The van der Waals surface area contributed by atoms with Gasteiger partial charge in [0.05, 0.1) is 18.1 Å². The largest absolute Gasteiger partial charge is 0.465 e. The molecule has 0 aliphatic carbocycles. The number of H-pyrrole nitrogens is 1. The number of hydrogen-bond acceptors (Lipinski definition) is 4. The second-order valence-corrected chi connectivity index (χ2v) is 8.89. The van der Waals surface area contributed by atoms with Crippen LogP contribution in [-0.2, 0) is 16.0 Å². The number of benzene rings is 3. The van der Waals surface area contributed by atoms with Gasteiger partial charge in [-0.2, -0.15) is 0 Å². The molecular weight excluding hydrogens is 471 g/mol. The van der Waals surface area contributed by atoms with Gasteiger partial charge in [0.1, 0.15) is 23.0 Å². The van der Waals surface area contributed by atoms with Crippen LogP contribution in [0.25, 0.3) is 10.9 Å². The average Bonchev–Trinajstić information content (AvgIpc) is 3.27. The van der Waals surface area contributed by atoms with Crippen molar-refractivity contribution in [2.75, 3.05) is 11.9 Å². The Labute approximate surface area is 207 Å². The molecule has 3 aromatic carbocycles. The lowest BCUT2D eigenvalue weighted by molar-refractivity contribution is -0.143. The highest BCUT2D eigenvalue weighted by molar-refractivity contribution is 6.32. The molecule has 8 heteroatoms. The van der Waals surface area contributed by atoms with Crippen LogP contribution in [-0.4, -0.2) is 23.5 Å². The Morgan fingerprint density at radius 3 is 2.51 bits per heavy atom. The van der Waals surface area contributed by atoms with Gasteiger partial charge in [-0.15, -0.1) is 0 Å². The number of aromatic nitrogens is 1. The number of fused-ring (bicyclic) bond motifs is 1. The summed E-state index contributed by atoms with van der Waals surface area (Å²) in [5, 5.41) is 3.49. The molecule has 1 aromatic heterocycles. The SMILES string of the molecule is CC(C)COC(=O)Cc1ccc(Oc2ccc(NC(=O)c3cc4c(F)cccc4[nH]3)cc2)c(Cl)c1. The average molecular weight is 495 g/mol. The fourth-order valence-electron chi connectivity index (χ4n) is 3.39. The highest BCUT2D eigenvalue weighted by Gasteiger charge is 2.13. The summed E-state index contributed by atoms with van der Waals surface area (Å²) in [4.78, 5) is 27.4. The summed E-state index contributed by atoms with van der Waals surface area (Å²) >= 11 is 6.34. The van der Waals surface area contributed by atoms with Crippen LogP contribution in [0.2, 0.25) is 5.02 Å². The van der Waals surface area contributed by atoms with Crippen molar-refractivity contribution in [2.45, 2.75) is 20.3 Å². The quantitative estimate of drug-likeness (QED) is 0.265. The predicted octanol–water partition coefficient (Wildman–Crippen LogP) is 6.75. The van der Waals surface area contributed by atoms with E-state index in [9.17, 15) is 14.0 Å². The molecule has 0 aliphatic heterocycles. The lowest BCUT2D eigenvalue weighted by Crippen LogP contribution is -2.12. The van der Waals surface area contributed by atoms with Gasteiger partial charge in [0, 0.05) is 16.6 Å². The Bertz CT molecular complexity index is 1370. The number of ether oxygens (including phenoxy) is 2. The number of carbonyl (C=O) groups excluding carboxylic acids is 2. The first-order valence-corrected chi connectivity index (χ1v) is 11.5. The third-order valence-electron chi connectivity index (χ3n) is 5.12. The van der Waals surface area contributed by atoms with E-state index in [0.717, 1.165) is 5.56 Å². The van der Waals surface area contributed by atoms with Crippen LogP contribution in [0.5, 0.6) is 11.5 Å². The van der Waals surface area contributed by atoms with E-state index in [0.29, 0.717) is 39.7 Å². The lowest BCUT2D eigenvalue weighted by atomic mass is 10.1. The third-order valence-corrected chi connectivity index (χ3v) is 5.41. The number of hydrogen-bond donors (Lipinski definition) is 2. The number of amides is 1. The van der Waals surface area contributed by atoms with Crippen molar-refractivity contribution < 1.29 is 23.5 Å². The molecule has 0 saturated carbocycles. The van der Waals surface area contributed by atoms with Crippen molar-refractivity contribution in [3.05, 3.63) is 88.8 Å². The van der Waals surface area contributed by atoms with E-state index in [1.165, 1.54) is 12.1 Å². The number of aromatic amines is 1. The fraction of sp³-hybridized carbons (Fsp3) is 0.185. The molecule has 35 heavy (non-hydrogen) atoms. The predicted molar refractivity (Wildman–Crippen MR) is 134 cm³/mol. The number of nitrogens with one attached hydrogen (secondary N) is 2. The van der Waals surface area contributed by atoms with Crippen molar-refractivity contribution >= 4 is 40.1 Å². The van der Waals surface area contributed by atoms with E-state index >= 15 is 0 Å². The van der Waals surface area contributed by atoms with Crippen LogP contribution in [0.15, 0.2) is 66.7 Å². The first-order chi connectivity index (χ1) is 16.8. The molecular formula is C27H24ClFN2O4. The Balaban J connectivity index is 1.36. The summed E-state index contributed by atoms with van der Waals surface area (Å²) in [7, 11) is 0. The maximum atomic E-state index is 13.9. The molecule has 4 aromatic rings. The first kappa shape index (κ1) is 24.3. The fourth-order valence-corrected chi connectivity index (χ4v) is 3.63. The molecule has 1 heterocycles. The summed E-state index contributed by atoms with van der Waals surface area (Å²) in [6, 6.07) is 18.0. The van der Waals surface area contributed by atoms with Crippen LogP contribution >= 0.6 is 11.6 Å². The zero-order valence-electron chi connectivity index (χ0n) is 19.2. The van der Waals surface area contributed by atoms with E-state index in [4.69, 9.17) is 21.1 Å². The summed E-state index contributed by atoms with van der Waals surface area (Å²) in [6.07, 6.45) is 0.129. The van der Waals surface area contributed by atoms with Crippen LogP contribution in [0.1, 0.15) is 29.9 Å². The van der Waals surface area contributed by atoms with E-state index in [2.05, 4.69) is 10.3 Å². The van der Waals surface area contributed by atoms with Crippen LogP contribution in [0, 0.1) is 11.7 Å². The van der Waals surface area contributed by atoms with Crippen LogP contribution in [0.4, 0.5) is 10.1 Å². The topological polar surface area (TPSA) is 80.4 Å². The normalized spacial score (nSPS) is 11.0. The van der Waals surface area contributed by atoms with Crippen molar-refractivity contribution in [1.82, 2.24) is 4.98 Å². The van der Waals surface area contributed by atoms with Gasteiger partial charge in [-0.25, -0.2) is 4.39 Å². The Morgan fingerprint density at radius 1 is 1.06 bits per heavy atom.